The summed E-state index contributed by atoms with van der Waals surface area (Å²) in [4.78, 5) is 34.3. The second-order valence-corrected chi connectivity index (χ2v) is 14.5. The van der Waals surface area contributed by atoms with Crippen molar-refractivity contribution in [3.8, 4) is 0 Å². The molecule has 0 bridgehead atoms. The maximum Gasteiger partial charge on any atom is 0.456 e. The van der Waals surface area contributed by atoms with E-state index in [1.54, 1.807) is 41.4 Å². The van der Waals surface area contributed by atoms with Gasteiger partial charge in [0.25, 0.3) is 5.91 Å². The summed E-state index contributed by atoms with van der Waals surface area (Å²) in [7, 11) is 0. The Kier molecular flexibility index (Phi) is 8.17. The quantitative estimate of drug-likeness (QED) is 0.352. The van der Waals surface area contributed by atoms with E-state index in [1.165, 1.54) is 6.92 Å². The molecule has 7 rings (SSSR count). The Labute approximate surface area is 276 Å². The number of aliphatic hydroxyl groups is 1. The molecule has 1 aromatic heterocycles. The number of piperazine rings is 1. The topological polar surface area (TPSA) is 73.7 Å². The van der Waals surface area contributed by atoms with Crippen LogP contribution in [0.4, 0.5) is 22.0 Å². The number of carbonyl (C=O) groups excluding carboxylic acids is 2. The van der Waals surface area contributed by atoms with Crippen molar-refractivity contribution >= 4 is 11.7 Å². The summed E-state index contributed by atoms with van der Waals surface area (Å²) in [6.07, 6.45) is -1.26. The molecule has 0 radical (unpaired) electrons. The molecule has 1 aromatic carbocycles. The number of hydrogen-bond acceptors (Lipinski definition) is 5. The Bertz CT molecular complexity index is 1650. The van der Waals surface area contributed by atoms with Crippen molar-refractivity contribution in [3.63, 3.8) is 0 Å². The average Bonchev–Trinajstić information content (AvgIpc) is 3.35. The predicted molar refractivity (Wildman–Crippen MR) is 168 cm³/mol. The maximum absolute atomic E-state index is 15.3. The molecule has 5 aliphatic rings. The first kappa shape index (κ1) is 33.1. The monoisotopic (exact) mass is 669 g/mol. The molecule has 1 saturated heterocycles. The molecule has 2 aromatic rings. The zero-order valence-corrected chi connectivity index (χ0v) is 26.9. The number of ketones is 1. The van der Waals surface area contributed by atoms with E-state index in [2.05, 4.69) is 9.88 Å². The van der Waals surface area contributed by atoms with Crippen molar-refractivity contribution in [2.75, 3.05) is 26.2 Å². The van der Waals surface area contributed by atoms with Gasteiger partial charge in [-0.15, -0.1) is 0 Å². The van der Waals surface area contributed by atoms with Crippen LogP contribution in [0, 0.1) is 17.3 Å². The lowest BCUT2D eigenvalue weighted by atomic mass is 9.50. The van der Waals surface area contributed by atoms with Gasteiger partial charge in [-0.1, -0.05) is 30.7 Å². The highest BCUT2D eigenvalue weighted by molar-refractivity contribution is 5.94. The van der Waals surface area contributed by atoms with E-state index in [0.29, 0.717) is 69.5 Å². The number of aromatic nitrogens is 1. The standard InChI is InChI=1S/C37H40F5N3O3/c1-34-21-30(23-5-7-24(8-6-23)33(47)45-18-16-44(17-19-45)22-26-4-2-3-15-43-26)32-28-12-10-27(46)20-25(28)9-11-29(32)31(34)13-14-35(34,48)36(38,39)37(40,41)42/h2-8,15,20,29-31,48H,9-14,16-19,21-22H2,1H3/t29?,30-,31+,34?,35+/m1/s1. The van der Waals surface area contributed by atoms with Gasteiger partial charge in [-0.3, -0.25) is 19.5 Å². The van der Waals surface area contributed by atoms with Crippen LogP contribution in [-0.2, 0) is 11.3 Å². The minimum Gasteiger partial charge on any atom is -0.383 e. The van der Waals surface area contributed by atoms with Crippen LogP contribution in [0.25, 0.3) is 0 Å². The normalized spacial score (nSPS) is 31.2. The summed E-state index contributed by atoms with van der Waals surface area (Å²) in [5, 5.41) is 11.5. The van der Waals surface area contributed by atoms with Crippen LogP contribution >= 0.6 is 0 Å². The van der Waals surface area contributed by atoms with Crippen LogP contribution in [0.1, 0.15) is 79.4 Å². The molecule has 2 unspecified atom stereocenters. The number of alkyl halides is 5. The van der Waals surface area contributed by atoms with Gasteiger partial charge < -0.3 is 10.0 Å². The first-order chi connectivity index (χ1) is 22.7. The molecule has 1 N–H and O–H groups in total. The number of pyridine rings is 1. The fourth-order valence-corrected chi connectivity index (χ4v) is 9.58. The molecule has 3 fully saturated rings. The highest BCUT2D eigenvalue weighted by atomic mass is 19.4. The Morgan fingerprint density at radius 2 is 1.71 bits per heavy atom. The average molecular weight is 670 g/mol. The third kappa shape index (κ3) is 5.23. The number of nitrogens with zero attached hydrogens (tertiary/aromatic N) is 3. The van der Waals surface area contributed by atoms with Crippen molar-refractivity contribution in [3.05, 3.63) is 88.3 Å². The molecule has 0 spiro atoms. The minimum atomic E-state index is -5.90. The largest absolute Gasteiger partial charge is 0.456 e. The van der Waals surface area contributed by atoms with Gasteiger partial charge in [0.05, 0.1) is 5.69 Å². The number of carbonyl (C=O) groups is 2. The lowest BCUT2D eigenvalue weighted by Crippen LogP contribution is -2.65. The molecular weight excluding hydrogens is 629 g/mol. The molecule has 48 heavy (non-hydrogen) atoms. The van der Waals surface area contributed by atoms with E-state index in [4.69, 9.17) is 0 Å². The van der Waals surface area contributed by atoms with E-state index >= 15 is 8.78 Å². The highest BCUT2D eigenvalue weighted by Crippen LogP contribution is 2.70. The third-order valence-corrected chi connectivity index (χ3v) is 12.1. The Morgan fingerprint density at radius 1 is 0.979 bits per heavy atom. The minimum absolute atomic E-state index is 0.0329. The van der Waals surface area contributed by atoms with Crippen molar-refractivity contribution in [1.82, 2.24) is 14.8 Å². The van der Waals surface area contributed by atoms with Gasteiger partial charge in [-0.05, 0) is 97.4 Å². The molecule has 2 saturated carbocycles. The van der Waals surface area contributed by atoms with Gasteiger partial charge >= 0.3 is 12.1 Å². The van der Waals surface area contributed by atoms with Crippen LogP contribution in [-0.4, -0.2) is 75.5 Å². The second-order valence-electron chi connectivity index (χ2n) is 14.5. The van der Waals surface area contributed by atoms with E-state index in [0.717, 1.165) is 22.4 Å². The lowest BCUT2D eigenvalue weighted by molar-refractivity contribution is -0.362. The molecule has 256 valence electrons. The van der Waals surface area contributed by atoms with Crippen LogP contribution in [0.5, 0.6) is 0 Å². The first-order valence-electron chi connectivity index (χ1n) is 16.9. The molecule has 1 aliphatic heterocycles. The number of rotatable bonds is 5. The van der Waals surface area contributed by atoms with Gasteiger partial charge in [-0.25, -0.2) is 0 Å². The lowest BCUT2D eigenvalue weighted by Gasteiger charge is -2.56. The summed E-state index contributed by atoms with van der Waals surface area (Å²) in [6, 6.07) is 12.8. The highest BCUT2D eigenvalue weighted by Gasteiger charge is 2.79. The van der Waals surface area contributed by atoms with Gasteiger partial charge in [0.2, 0.25) is 0 Å². The number of halogens is 5. The predicted octanol–water partition coefficient (Wildman–Crippen LogP) is 6.87. The molecule has 1 amide bonds. The van der Waals surface area contributed by atoms with Gasteiger partial charge in [-0.2, -0.15) is 22.0 Å². The summed E-state index contributed by atoms with van der Waals surface area (Å²) >= 11 is 0. The van der Waals surface area contributed by atoms with Crippen LogP contribution < -0.4 is 0 Å². The summed E-state index contributed by atoms with van der Waals surface area (Å²) in [5.74, 6) is -6.78. The van der Waals surface area contributed by atoms with E-state index in [9.17, 15) is 27.9 Å². The number of amides is 1. The number of benzene rings is 1. The van der Waals surface area contributed by atoms with Crippen LogP contribution in [0.15, 0.2) is 71.5 Å². The molecule has 2 heterocycles. The number of hydrogen-bond donors (Lipinski definition) is 1. The number of allylic oxidation sites excluding steroid dienone is 4. The maximum atomic E-state index is 15.3. The van der Waals surface area contributed by atoms with Crippen molar-refractivity contribution in [1.29, 1.82) is 0 Å². The van der Waals surface area contributed by atoms with E-state index in [-0.39, 0.29) is 30.4 Å². The van der Waals surface area contributed by atoms with Crippen LogP contribution in [0.2, 0.25) is 0 Å². The Balaban J connectivity index is 1.18. The summed E-state index contributed by atoms with van der Waals surface area (Å²) < 4.78 is 72.1. The fourth-order valence-electron chi connectivity index (χ4n) is 9.58. The zero-order chi connectivity index (χ0) is 34.1. The second kappa shape index (κ2) is 11.9. The SMILES string of the molecule is CC12C[C@H](c3ccc(C(=O)N4CCN(Cc5ccccn5)CC4)cc3)C3=C4CCC(=O)C=C4CCC3[C@@H]1CC[C@@]2(O)C(F)(F)C(F)(F)F. The van der Waals surface area contributed by atoms with Crippen LogP contribution in [0.3, 0.4) is 0 Å². The van der Waals surface area contributed by atoms with Gasteiger partial charge in [0.15, 0.2) is 5.78 Å². The molecule has 6 nitrogen and oxygen atoms in total. The molecule has 5 atom stereocenters. The fraction of sp³-hybridized carbons (Fsp3) is 0.541. The third-order valence-electron chi connectivity index (χ3n) is 12.1. The summed E-state index contributed by atoms with van der Waals surface area (Å²) in [5.41, 5.74) is 0.109. The van der Waals surface area contributed by atoms with E-state index in [1.807, 2.05) is 18.2 Å². The van der Waals surface area contributed by atoms with Gasteiger partial charge in [0, 0.05) is 62.2 Å². The van der Waals surface area contributed by atoms with Crippen molar-refractivity contribution in [2.45, 2.75) is 82.0 Å². The molecule has 4 aliphatic carbocycles. The first-order valence-corrected chi connectivity index (χ1v) is 16.9. The van der Waals surface area contributed by atoms with Crippen molar-refractivity contribution in [2.24, 2.45) is 17.3 Å². The van der Waals surface area contributed by atoms with E-state index < -0.39 is 41.4 Å². The molecular formula is C37H40F5N3O3. The van der Waals surface area contributed by atoms with Gasteiger partial charge in [0.1, 0.15) is 5.60 Å². The number of fused-ring (bicyclic) bond motifs is 4. The zero-order valence-electron chi connectivity index (χ0n) is 26.9. The smallest absolute Gasteiger partial charge is 0.383 e. The van der Waals surface area contributed by atoms with Crippen molar-refractivity contribution < 1.29 is 36.6 Å². The molecule has 11 heteroatoms. The summed E-state index contributed by atoms with van der Waals surface area (Å²) in [6.45, 7) is 4.61. The Morgan fingerprint density at radius 3 is 2.38 bits per heavy atom. The Hall–Kier alpha value is -3.44.